The highest BCUT2D eigenvalue weighted by Crippen LogP contribution is 2.44. The fourth-order valence-corrected chi connectivity index (χ4v) is 4.10. The van der Waals surface area contributed by atoms with Gasteiger partial charge in [-0.3, -0.25) is 4.90 Å². The van der Waals surface area contributed by atoms with Gasteiger partial charge >= 0.3 is 0 Å². The Balaban J connectivity index is 1.37. The van der Waals surface area contributed by atoms with E-state index in [0.29, 0.717) is 0 Å². The van der Waals surface area contributed by atoms with Crippen molar-refractivity contribution in [3.8, 4) is 0 Å². The number of hydrogen-bond acceptors (Lipinski definition) is 2. The molecule has 0 N–H and O–H groups in total. The van der Waals surface area contributed by atoms with Gasteiger partial charge in [0, 0.05) is 43.8 Å². The monoisotopic (exact) mass is 306 g/mol. The molecule has 2 nitrogen and oxygen atoms in total. The van der Waals surface area contributed by atoms with Crippen LogP contribution >= 0.6 is 0 Å². The average Bonchev–Trinajstić information content (AvgIpc) is 3.37. The Hall–Kier alpha value is -1.80. The molecular formula is C21H26N2. The lowest BCUT2D eigenvalue weighted by atomic mass is 10.1. The van der Waals surface area contributed by atoms with Crippen LogP contribution in [0.15, 0.2) is 48.5 Å². The number of piperazine rings is 1. The summed E-state index contributed by atoms with van der Waals surface area (Å²) in [5, 5.41) is 0. The zero-order valence-electron chi connectivity index (χ0n) is 14.2. The van der Waals surface area contributed by atoms with Gasteiger partial charge in [0.05, 0.1) is 0 Å². The molecule has 0 aromatic heterocycles. The number of anilines is 1. The van der Waals surface area contributed by atoms with Crippen molar-refractivity contribution in [3.05, 3.63) is 65.2 Å². The summed E-state index contributed by atoms with van der Waals surface area (Å²) in [5.74, 6) is 0.767. The maximum atomic E-state index is 2.71. The Kier molecular flexibility index (Phi) is 3.86. The Morgan fingerprint density at radius 2 is 1.61 bits per heavy atom. The SMILES string of the molecule is Cc1ccc(N2CCN([C@@H]3C[C@H]3c3ccccc3)CC2)c(C)c1. The molecule has 0 bridgehead atoms. The van der Waals surface area contributed by atoms with Gasteiger partial charge in [0.15, 0.2) is 0 Å². The van der Waals surface area contributed by atoms with Crippen molar-refractivity contribution in [1.29, 1.82) is 0 Å². The normalized spacial score (nSPS) is 24.7. The summed E-state index contributed by atoms with van der Waals surface area (Å²) in [6.07, 6.45) is 1.34. The van der Waals surface area contributed by atoms with E-state index in [2.05, 4.69) is 72.2 Å². The maximum Gasteiger partial charge on any atom is 0.0396 e. The van der Waals surface area contributed by atoms with E-state index in [1.54, 1.807) is 0 Å². The molecule has 0 unspecified atom stereocenters. The third-order valence-electron chi connectivity index (χ3n) is 5.46. The topological polar surface area (TPSA) is 6.48 Å². The minimum Gasteiger partial charge on any atom is -0.369 e. The van der Waals surface area contributed by atoms with Crippen molar-refractivity contribution < 1.29 is 0 Å². The van der Waals surface area contributed by atoms with Crippen LogP contribution in [0.4, 0.5) is 5.69 Å². The molecule has 2 aromatic rings. The van der Waals surface area contributed by atoms with Crippen LogP contribution in [0.2, 0.25) is 0 Å². The van der Waals surface area contributed by atoms with Gasteiger partial charge in [0.2, 0.25) is 0 Å². The largest absolute Gasteiger partial charge is 0.369 e. The second-order valence-corrected chi connectivity index (χ2v) is 7.13. The second-order valence-electron chi connectivity index (χ2n) is 7.13. The summed E-state index contributed by atoms with van der Waals surface area (Å²) in [7, 11) is 0. The van der Waals surface area contributed by atoms with E-state index >= 15 is 0 Å². The number of rotatable bonds is 3. The summed E-state index contributed by atoms with van der Waals surface area (Å²) >= 11 is 0. The van der Waals surface area contributed by atoms with Crippen molar-refractivity contribution in [2.45, 2.75) is 32.2 Å². The van der Waals surface area contributed by atoms with Crippen LogP contribution in [0.25, 0.3) is 0 Å². The Morgan fingerprint density at radius 1 is 0.870 bits per heavy atom. The summed E-state index contributed by atoms with van der Waals surface area (Å²) in [5.41, 5.74) is 5.71. The first-order valence-corrected chi connectivity index (χ1v) is 8.83. The number of nitrogens with zero attached hydrogens (tertiary/aromatic N) is 2. The highest BCUT2D eigenvalue weighted by molar-refractivity contribution is 5.54. The predicted molar refractivity (Wildman–Crippen MR) is 97.3 cm³/mol. The molecule has 0 amide bonds. The van der Waals surface area contributed by atoms with Crippen LogP contribution in [0, 0.1) is 13.8 Å². The molecule has 23 heavy (non-hydrogen) atoms. The van der Waals surface area contributed by atoms with Crippen molar-refractivity contribution in [2.24, 2.45) is 0 Å². The van der Waals surface area contributed by atoms with Gasteiger partial charge in [-0.1, -0.05) is 48.0 Å². The van der Waals surface area contributed by atoms with Gasteiger partial charge < -0.3 is 4.90 Å². The zero-order valence-corrected chi connectivity index (χ0v) is 14.2. The van der Waals surface area contributed by atoms with Gasteiger partial charge in [-0.05, 0) is 37.5 Å². The predicted octanol–water partition coefficient (Wildman–Crippen LogP) is 3.98. The minimum absolute atomic E-state index is 0.767. The van der Waals surface area contributed by atoms with E-state index in [4.69, 9.17) is 0 Å². The third-order valence-corrected chi connectivity index (χ3v) is 5.46. The molecule has 0 spiro atoms. The van der Waals surface area contributed by atoms with E-state index in [9.17, 15) is 0 Å². The molecule has 2 atom stereocenters. The Morgan fingerprint density at radius 3 is 2.30 bits per heavy atom. The van der Waals surface area contributed by atoms with Gasteiger partial charge in [-0.25, -0.2) is 0 Å². The van der Waals surface area contributed by atoms with Crippen LogP contribution in [-0.2, 0) is 0 Å². The van der Waals surface area contributed by atoms with Crippen molar-refractivity contribution >= 4 is 5.69 Å². The lowest BCUT2D eigenvalue weighted by Gasteiger charge is -2.37. The smallest absolute Gasteiger partial charge is 0.0396 e. The van der Waals surface area contributed by atoms with Gasteiger partial charge in [-0.15, -0.1) is 0 Å². The van der Waals surface area contributed by atoms with Crippen LogP contribution in [0.1, 0.15) is 29.0 Å². The molecule has 2 aliphatic rings. The van der Waals surface area contributed by atoms with Crippen molar-refractivity contribution in [3.63, 3.8) is 0 Å². The van der Waals surface area contributed by atoms with E-state index < -0.39 is 0 Å². The maximum absolute atomic E-state index is 2.71. The van der Waals surface area contributed by atoms with E-state index in [1.807, 2.05) is 0 Å². The zero-order chi connectivity index (χ0) is 15.8. The first-order chi connectivity index (χ1) is 11.2. The quantitative estimate of drug-likeness (QED) is 0.846. The van der Waals surface area contributed by atoms with Crippen LogP contribution in [0.3, 0.4) is 0 Å². The molecular weight excluding hydrogens is 280 g/mol. The third kappa shape index (κ3) is 3.00. The highest BCUT2D eigenvalue weighted by Gasteiger charge is 2.43. The molecule has 1 heterocycles. The summed E-state index contributed by atoms with van der Waals surface area (Å²) in [4.78, 5) is 5.27. The molecule has 1 aliphatic heterocycles. The second kappa shape index (κ2) is 6.01. The molecule has 1 aliphatic carbocycles. The van der Waals surface area contributed by atoms with Gasteiger partial charge in [0.25, 0.3) is 0 Å². The lowest BCUT2D eigenvalue weighted by molar-refractivity contribution is 0.244. The van der Waals surface area contributed by atoms with Crippen LogP contribution < -0.4 is 4.90 Å². The van der Waals surface area contributed by atoms with E-state index in [-0.39, 0.29) is 0 Å². The fourth-order valence-electron chi connectivity index (χ4n) is 4.10. The van der Waals surface area contributed by atoms with Crippen LogP contribution in [-0.4, -0.2) is 37.1 Å². The summed E-state index contributed by atoms with van der Waals surface area (Å²) in [6, 6.07) is 18.6. The van der Waals surface area contributed by atoms with Gasteiger partial charge in [0.1, 0.15) is 0 Å². The first kappa shape index (κ1) is 14.8. The molecule has 2 aromatic carbocycles. The fraction of sp³-hybridized carbons (Fsp3) is 0.429. The number of hydrogen-bond donors (Lipinski definition) is 0. The molecule has 0 radical (unpaired) electrons. The van der Waals surface area contributed by atoms with Crippen molar-refractivity contribution in [1.82, 2.24) is 4.90 Å². The van der Waals surface area contributed by atoms with E-state index in [1.165, 1.54) is 41.9 Å². The Labute approximate surface area is 139 Å². The molecule has 2 fully saturated rings. The van der Waals surface area contributed by atoms with Gasteiger partial charge in [-0.2, -0.15) is 0 Å². The molecule has 1 saturated heterocycles. The number of benzene rings is 2. The summed E-state index contributed by atoms with van der Waals surface area (Å²) < 4.78 is 0. The summed E-state index contributed by atoms with van der Waals surface area (Å²) in [6.45, 7) is 9.11. The van der Waals surface area contributed by atoms with Crippen LogP contribution in [0.5, 0.6) is 0 Å². The number of aryl methyl sites for hydroxylation is 2. The standard InChI is InChI=1S/C21H26N2/c1-16-8-9-20(17(2)14-16)22-10-12-23(13-11-22)21-15-19(21)18-6-4-3-5-7-18/h3-9,14,19,21H,10-13,15H2,1-2H3/t19-,21+/m0/s1. The minimum atomic E-state index is 0.767. The highest BCUT2D eigenvalue weighted by atomic mass is 15.3. The Bertz CT molecular complexity index is 671. The van der Waals surface area contributed by atoms with Crippen molar-refractivity contribution in [2.75, 3.05) is 31.1 Å². The lowest BCUT2D eigenvalue weighted by Crippen LogP contribution is -2.47. The molecule has 120 valence electrons. The molecule has 1 saturated carbocycles. The molecule has 4 rings (SSSR count). The average molecular weight is 306 g/mol. The first-order valence-electron chi connectivity index (χ1n) is 8.83. The molecule has 2 heteroatoms. The van der Waals surface area contributed by atoms with E-state index in [0.717, 1.165) is 25.0 Å².